The van der Waals surface area contributed by atoms with Gasteiger partial charge in [0.25, 0.3) is 0 Å². The summed E-state index contributed by atoms with van der Waals surface area (Å²) in [6, 6.07) is 4.03. The topological polar surface area (TPSA) is 49.3 Å². The van der Waals surface area contributed by atoms with Gasteiger partial charge in [0.2, 0.25) is 0 Å². The predicted molar refractivity (Wildman–Crippen MR) is 81.2 cm³/mol. The molecule has 0 saturated heterocycles. The fraction of sp³-hybridized carbons (Fsp3) is 0.600. The Balaban J connectivity index is 2.32. The van der Waals surface area contributed by atoms with Crippen molar-refractivity contribution in [2.75, 3.05) is 13.6 Å². The van der Waals surface area contributed by atoms with E-state index in [1.165, 1.54) is 18.4 Å². The average molecular weight is 262 g/mol. The molecule has 19 heavy (non-hydrogen) atoms. The van der Waals surface area contributed by atoms with Crippen molar-refractivity contribution in [3.05, 3.63) is 29.6 Å². The van der Waals surface area contributed by atoms with E-state index >= 15 is 0 Å². The lowest BCUT2D eigenvalue weighted by Crippen LogP contribution is -2.37. The maximum Gasteiger partial charge on any atom is 0.191 e. The Morgan fingerprint density at radius 2 is 2.16 bits per heavy atom. The molecule has 106 valence electrons. The van der Waals surface area contributed by atoms with Crippen LogP contribution in [0.25, 0.3) is 0 Å². The monoisotopic (exact) mass is 262 g/mol. The number of nitrogens with zero attached hydrogens (tertiary/aromatic N) is 2. The Morgan fingerprint density at radius 3 is 2.79 bits per heavy atom. The first kappa shape index (κ1) is 15.5. The molecule has 4 heteroatoms. The number of hydrogen-bond donors (Lipinski definition) is 2. The second kappa shape index (κ2) is 8.51. The molecule has 0 saturated carbocycles. The molecule has 0 bridgehead atoms. The van der Waals surface area contributed by atoms with E-state index in [0.29, 0.717) is 6.54 Å². The van der Waals surface area contributed by atoms with E-state index in [-0.39, 0.29) is 0 Å². The number of aromatic nitrogens is 1. The number of guanidine groups is 1. The molecule has 0 unspecified atom stereocenters. The van der Waals surface area contributed by atoms with Gasteiger partial charge in [-0.05, 0) is 37.3 Å². The number of pyridine rings is 1. The van der Waals surface area contributed by atoms with Crippen LogP contribution < -0.4 is 10.6 Å². The maximum absolute atomic E-state index is 4.36. The summed E-state index contributed by atoms with van der Waals surface area (Å²) in [6.07, 6.45) is 4.23. The average Bonchev–Trinajstić information content (AvgIpc) is 2.39. The summed E-state index contributed by atoms with van der Waals surface area (Å²) in [5, 5.41) is 6.62. The molecule has 0 amide bonds. The zero-order valence-electron chi connectivity index (χ0n) is 12.5. The molecule has 1 heterocycles. The summed E-state index contributed by atoms with van der Waals surface area (Å²) in [7, 11) is 1.79. The minimum absolute atomic E-state index is 0.705. The Hall–Kier alpha value is -1.58. The summed E-state index contributed by atoms with van der Waals surface area (Å²) in [6.45, 7) is 8.23. The van der Waals surface area contributed by atoms with Crippen LogP contribution in [-0.2, 0) is 6.54 Å². The van der Waals surface area contributed by atoms with E-state index in [9.17, 15) is 0 Å². The number of nitrogens with one attached hydrogen (secondary N) is 2. The summed E-state index contributed by atoms with van der Waals surface area (Å²) in [4.78, 5) is 8.57. The van der Waals surface area contributed by atoms with E-state index in [1.54, 1.807) is 7.05 Å². The lowest BCUT2D eigenvalue weighted by Gasteiger charge is -2.13. The number of rotatable bonds is 6. The van der Waals surface area contributed by atoms with Crippen LogP contribution in [-0.4, -0.2) is 24.5 Å². The van der Waals surface area contributed by atoms with Crippen LogP contribution in [0.15, 0.2) is 23.3 Å². The molecule has 0 radical (unpaired) electrons. The molecule has 0 aliphatic heterocycles. The molecular weight excluding hydrogens is 236 g/mol. The summed E-state index contributed by atoms with van der Waals surface area (Å²) in [5.74, 6) is 1.60. The fourth-order valence-corrected chi connectivity index (χ4v) is 1.81. The van der Waals surface area contributed by atoms with Crippen LogP contribution in [0.3, 0.4) is 0 Å². The van der Waals surface area contributed by atoms with Gasteiger partial charge < -0.3 is 10.6 Å². The molecule has 1 aromatic heterocycles. The Bertz CT molecular complexity index is 399. The molecule has 1 rings (SSSR count). The minimum Gasteiger partial charge on any atom is -0.356 e. The van der Waals surface area contributed by atoms with Gasteiger partial charge in [0, 0.05) is 19.8 Å². The highest BCUT2D eigenvalue weighted by Gasteiger charge is 2.01. The smallest absolute Gasteiger partial charge is 0.191 e. The number of aliphatic imine (C=N–C) groups is 1. The lowest BCUT2D eigenvalue weighted by molar-refractivity contribution is 0.549. The van der Waals surface area contributed by atoms with Gasteiger partial charge in [-0.3, -0.25) is 9.98 Å². The van der Waals surface area contributed by atoms with Gasteiger partial charge in [-0.2, -0.15) is 0 Å². The highest BCUT2D eigenvalue weighted by molar-refractivity contribution is 5.79. The fourth-order valence-electron chi connectivity index (χ4n) is 1.81. The van der Waals surface area contributed by atoms with Crippen LogP contribution >= 0.6 is 0 Å². The van der Waals surface area contributed by atoms with Crippen molar-refractivity contribution in [2.24, 2.45) is 10.9 Å². The first-order valence-electron chi connectivity index (χ1n) is 6.98. The van der Waals surface area contributed by atoms with Crippen LogP contribution in [0.2, 0.25) is 0 Å². The summed E-state index contributed by atoms with van der Waals surface area (Å²) >= 11 is 0. The van der Waals surface area contributed by atoms with Crippen LogP contribution in [0.5, 0.6) is 0 Å². The molecule has 0 spiro atoms. The van der Waals surface area contributed by atoms with Crippen molar-refractivity contribution in [3.8, 4) is 0 Å². The molecule has 1 aromatic rings. The van der Waals surface area contributed by atoms with E-state index in [1.807, 2.05) is 12.3 Å². The van der Waals surface area contributed by atoms with Gasteiger partial charge >= 0.3 is 0 Å². The van der Waals surface area contributed by atoms with Crippen molar-refractivity contribution in [1.29, 1.82) is 0 Å². The summed E-state index contributed by atoms with van der Waals surface area (Å²) in [5.41, 5.74) is 2.26. The molecule has 0 aromatic carbocycles. The van der Waals surface area contributed by atoms with Gasteiger partial charge in [-0.15, -0.1) is 0 Å². The normalized spacial score (nSPS) is 11.7. The van der Waals surface area contributed by atoms with Gasteiger partial charge in [0.1, 0.15) is 0 Å². The molecule has 2 N–H and O–H groups in total. The number of hydrogen-bond acceptors (Lipinski definition) is 2. The molecule has 0 fully saturated rings. The highest BCUT2D eigenvalue weighted by atomic mass is 15.2. The standard InChI is InChI=1S/C15H26N4/c1-12(2)7-5-10-18-15(16-4)19-11-14-13(3)8-6-9-17-14/h6,8-9,12H,5,7,10-11H2,1-4H3,(H2,16,18,19). The van der Waals surface area contributed by atoms with Crippen molar-refractivity contribution < 1.29 is 0 Å². The zero-order valence-corrected chi connectivity index (χ0v) is 12.5. The van der Waals surface area contributed by atoms with Gasteiger partial charge in [0.05, 0.1) is 12.2 Å². The predicted octanol–water partition coefficient (Wildman–Crippen LogP) is 2.49. The quantitative estimate of drug-likeness (QED) is 0.470. The van der Waals surface area contributed by atoms with E-state index in [0.717, 1.165) is 24.1 Å². The Kier molecular flexibility index (Phi) is 6.93. The SMILES string of the molecule is CN=C(NCCCC(C)C)NCc1ncccc1C. The van der Waals surface area contributed by atoms with Gasteiger partial charge in [-0.25, -0.2) is 0 Å². The van der Waals surface area contributed by atoms with Crippen molar-refractivity contribution in [3.63, 3.8) is 0 Å². The second-order valence-electron chi connectivity index (χ2n) is 5.16. The highest BCUT2D eigenvalue weighted by Crippen LogP contribution is 2.03. The molecular formula is C15H26N4. The molecule has 0 atom stereocenters. The van der Waals surface area contributed by atoms with Gasteiger partial charge in [-0.1, -0.05) is 19.9 Å². The second-order valence-corrected chi connectivity index (χ2v) is 5.16. The third kappa shape index (κ3) is 6.22. The third-order valence-corrected chi connectivity index (χ3v) is 3.02. The number of aryl methyl sites for hydroxylation is 1. The van der Waals surface area contributed by atoms with E-state index in [2.05, 4.69) is 47.4 Å². The third-order valence-electron chi connectivity index (χ3n) is 3.02. The van der Waals surface area contributed by atoms with Gasteiger partial charge in [0.15, 0.2) is 5.96 Å². The molecule has 0 aliphatic rings. The Morgan fingerprint density at radius 1 is 1.37 bits per heavy atom. The molecule has 0 aliphatic carbocycles. The first-order valence-corrected chi connectivity index (χ1v) is 6.98. The first-order chi connectivity index (χ1) is 9.13. The minimum atomic E-state index is 0.705. The van der Waals surface area contributed by atoms with Crippen LogP contribution in [0.4, 0.5) is 0 Å². The maximum atomic E-state index is 4.36. The largest absolute Gasteiger partial charge is 0.356 e. The van der Waals surface area contributed by atoms with Crippen LogP contribution in [0.1, 0.15) is 37.9 Å². The summed E-state index contributed by atoms with van der Waals surface area (Å²) < 4.78 is 0. The lowest BCUT2D eigenvalue weighted by atomic mass is 10.1. The Labute approximate surface area is 116 Å². The zero-order chi connectivity index (χ0) is 14.1. The van der Waals surface area contributed by atoms with Crippen molar-refractivity contribution in [1.82, 2.24) is 15.6 Å². The van der Waals surface area contributed by atoms with E-state index < -0.39 is 0 Å². The molecule has 4 nitrogen and oxygen atoms in total. The van der Waals surface area contributed by atoms with Crippen molar-refractivity contribution in [2.45, 2.75) is 40.2 Å². The van der Waals surface area contributed by atoms with E-state index in [4.69, 9.17) is 0 Å². The van der Waals surface area contributed by atoms with Crippen LogP contribution in [0, 0.1) is 12.8 Å². The van der Waals surface area contributed by atoms with Crippen molar-refractivity contribution >= 4 is 5.96 Å².